The Labute approximate surface area is 187 Å². The van der Waals surface area contributed by atoms with Crippen LogP contribution in [0.1, 0.15) is 54.4 Å². The van der Waals surface area contributed by atoms with Crippen LogP contribution in [0.15, 0.2) is 17.2 Å². The summed E-state index contributed by atoms with van der Waals surface area (Å²) in [6.07, 6.45) is 10.9. The molecular weight excluding hydrogens is 428 g/mol. The number of ether oxygens (including phenoxy) is 1. The molecule has 2 aromatic rings. The number of aromatic nitrogens is 2. The molecule has 1 aromatic heterocycles. The van der Waals surface area contributed by atoms with Crippen LogP contribution in [0.5, 0.6) is 5.88 Å². The topological polar surface area (TPSA) is 102 Å². The Kier molecular flexibility index (Phi) is 4.71. The number of hydrogen-bond acceptors (Lipinski definition) is 5. The highest BCUT2D eigenvalue weighted by Crippen LogP contribution is 2.40. The molecule has 8 nitrogen and oxygen atoms in total. The number of aryl methyl sites for hydroxylation is 2. The van der Waals surface area contributed by atoms with Crippen molar-refractivity contribution in [3.8, 4) is 5.88 Å². The third-order valence-corrected chi connectivity index (χ3v) is 8.96. The minimum atomic E-state index is -4.11. The molecule has 0 radical (unpaired) electrons. The highest BCUT2D eigenvalue weighted by atomic mass is 32.2. The van der Waals surface area contributed by atoms with Gasteiger partial charge in [0.1, 0.15) is 0 Å². The van der Waals surface area contributed by atoms with Crippen molar-refractivity contribution in [2.45, 2.75) is 69.2 Å². The first-order valence-electron chi connectivity index (χ1n) is 11.7. The fourth-order valence-electron chi connectivity index (χ4n) is 5.76. The largest absolute Gasteiger partial charge is 0.476 e. The smallest absolute Gasteiger partial charge is 0.333 e. The Morgan fingerprint density at radius 2 is 1.75 bits per heavy atom. The summed E-state index contributed by atoms with van der Waals surface area (Å²) in [5.41, 5.74) is 5.70. The number of rotatable bonds is 4. The molecule has 1 saturated carbocycles. The molecule has 9 heteroatoms. The maximum absolute atomic E-state index is 13.0. The van der Waals surface area contributed by atoms with E-state index in [1.54, 1.807) is 4.68 Å². The van der Waals surface area contributed by atoms with Gasteiger partial charge in [0.05, 0.1) is 19.3 Å². The van der Waals surface area contributed by atoms with Crippen molar-refractivity contribution in [3.05, 3.63) is 34.5 Å². The van der Waals surface area contributed by atoms with E-state index in [1.165, 1.54) is 36.6 Å². The van der Waals surface area contributed by atoms with Gasteiger partial charge in [-0.1, -0.05) is 12.5 Å². The fraction of sp³-hybridized carbons (Fsp3) is 0.565. The highest BCUT2D eigenvalue weighted by molar-refractivity contribution is 7.90. The Bertz CT molecular complexity index is 1170. The molecule has 32 heavy (non-hydrogen) atoms. The number of anilines is 1. The molecule has 2 amide bonds. The predicted octanol–water partition coefficient (Wildman–Crippen LogP) is 3.18. The van der Waals surface area contributed by atoms with E-state index in [-0.39, 0.29) is 10.8 Å². The molecule has 1 atom stereocenters. The van der Waals surface area contributed by atoms with Gasteiger partial charge in [-0.05, 0) is 79.5 Å². The van der Waals surface area contributed by atoms with E-state index in [0.29, 0.717) is 25.0 Å². The quantitative estimate of drug-likeness (QED) is 0.736. The van der Waals surface area contributed by atoms with Crippen LogP contribution in [-0.2, 0) is 42.3 Å². The van der Waals surface area contributed by atoms with E-state index in [2.05, 4.69) is 21.2 Å². The first-order valence-corrected chi connectivity index (χ1v) is 13.2. The van der Waals surface area contributed by atoms with E-state index in [9.17, 15) is 13.2 Å². The molecule has 1 unspecified atom stereocenters. The van der Waals surface area contributed by atoms with Crippen LogP contribution in [-0.4, -0.2) is 30.8 Å². The molecule has 1 fully saturated rings. The average Bonchev–Trinajstić information content (AvgIpc) is 3.44. The minimum absolute atomic E-state index is 0.0803. The van der Waals surface area contributed by atoms with E-state index in [1.807, 2.05) is 0 Å². The Hall–Kier alpha value is -2.55. The van der Waals surface area contributed by atoms with Crippen molar-refractivity contribution < 1.29 is 17.9 Å². The van der Waals surface area contributed by atoms with Gasteiger partial charge in [-0.25, -0.2) is 22.6 Å². The van der Waals surface area contributed by atoms with E-state index < -0.39 is 16.1 Å². The van der Waals surface area contributed by atoms with Crippen molar-refractivity contribution in [3.63, 3.8) is 0 Å². The van der Waals surface area contributed by atoms with Crippen LogP contribution < -0.4 is 14.8 Å². The van der Waals surface area contributed by atoms with Gasteiger partial charge in [-0.3, -0.25) is 0 Å². The number of benzene rings is 1. The van der Waals surface area contributed by atoms with E-state index >= 15 is 0 Å². The number of carbonyl (C=O) groups is 1. The van der Waals surface area contributed by atoms with E-state index in [4.69, 9.17) is 4.74 Å². The third-order valence-electron chi connectivity index (χ3n) is 7.65. The molecule has 170 valence electrons. The number of nitrogens with zero attached hydrogens (tertiary/aromatic N) is 2. The molecule has 0 bridgehead atoms. The van der Waals surface area contributed by atoms with Gasteiger partial charge >= 0.3 is 6.03 Å². The van der Waals surface area contributed by atoms with Crippen LogP contribution >= 0.6 is 0 Å². The van der Waals surface area contributed by atoms with Crippen molar-refractivity contribution in [1.82, 2.24) is 14.5 Å². The summed E-state index contributed by atoms with van der Waals surface area (Å²) in [5, 5.41) is 7.12. The molecule has 4 aliphatic rings. The lowest BCUT2D eigenvalue weighted by atomic mass is 9.76. The lowest BCUT2D eigenvalue weighted by Gasteiger charge is -2.36. The van der Waals surface area contributed by atoms with Crippen LogP contribution in [0.25, 0.3) is 0 Å². The van der Waals surface area contributed by atoms with Gasteiger partial charge < -0.3 is 10.1 Å². The van der Waals surface area contributed by atoms with Crippen molar-refractivity contribution in [2.75, 3.05) is 11.9 Å². The van der Waals surface area contributed by atoms with Crippen molar-refractivity contribution >= 4 is 21.7 Å². The van der Waals surface area contributed by atoms with E-state index in [0.717, 1.165) is 55.3 Å². The predicted molar refractivity (Wildman–Crippen MR) is 118 cm³/mol. The summed E-state index contributed by atoms with van der Waals surface area (Å²) in [6, 6.07) is 1.54. The molecule has 6 rings (SSSR count). The van der Waals surface area contributed by atoms with Gasteiger partial charge in [0, 0.05) is 11.6 Å². The Morgan fingerprint density at radius 1 is 1.03 bits per heavy atom. The first kappa shape index (κ1) is 20.1. The average molecular weight is 457 g/mol. The standard InChI is InChI=1S/C23H28N4O4S/c28-23(25-21-18-8-2-6-15(18)10-16-7-3-9-19(16)21)26-32(29,30)20-11-24-27-12-17(13-31-22(20)27)14-4-1-5-14/h10-11,14,17H,1-9,12-13H2,(H2,25,26,28). The summed E-state index contributed by atoms with van der Waals surface area (Å²) in [5.74, 6) is 1.22. The SMILES string of the molecule is O=C(Nc1c2c(cc3c1CCC3)CCC2)NS(=O)(=O)c1cnn2c1OCC(C1CCC1)C2. The van der Waals surface area contributed by atoms with Crippen LogP contribution in [0.3, 0.4) is 0 Å². The summed E-state index contributed by atoms with van der Waals surface area (Å²) >= 11 is 0. The summed E-state index contributed by atoms with van der Waals surface area (Å²) in [6.45, 7) is 1.15. The van der Waals surface area contributed by atoms with Crippen molar-refractivity contribution in [2.24, 2.45) is 11.8 Å². The number of nitrogens with one attached hydrogen (secondary N) is 2. The van der Waals surface area contributed by atoms with Gasteiger partial charge in [0.25, 0.3) is 10.0 Å². The Balaban J connectivity index is 1.21. The second-order valence-corrected chi connectivity index (χ2v) is 11.2. The molecule has 2 heterocycles. The van der Waals surface area contributed by atoms with Crippen LogP contribution in [0, 0.1) is 11.8 Å². The number of fused-ring (bicyclic) bond motifs is 3. The number of sulfonamides is 1. The number of urea groups is 1. The molecule has 3 aliphatic carbocycles. The highest BCUT2D eigenvalue weighted by Gasteiger charge is 2.36. The third kappa shape index (κ3) is 3.29. The number of amides is 2. The number of hydrogen-bond donors (Lipinski definition) is 2. The summed E-state index contributed by atoms with van der Waals surface area (Å²) in [4.78, 5) is 12.7. The fourth-order valence-corrected chi connectivity index (χ4v) is 6.74. The zero-order valence-corrected chi connectivity index (χ0v) is 18.8. The molecule has 1 aliphatic heterocycles. The normalized spacial score (nSPS) is 21.8. The molecule has 2 N–H and O–H groups in total. The van der Waals surface area contributed by atoms with Crippen molar-refractivity contribution in [1.29, 1.82) is 0 Å². The Morgan fingerprint density at radius 3 is 2.41 bits per heavy atom. The van der Waals surface area contributed by atoms with Crippen LogP contribution in [0.2, 0.25) is 0 Å². The molecule has 1 aromatic carbocycles. The summed E-state index contributed by atoms with van der Waals surface area (Å²) in [7, 11) is -4.11. The van der Waals surface area contributed by atoms with Gasteiger partial charge in [0.15, 0.2) is 4.90 Å². The second-order valence-electron chi connectivity index (χ2n) is 9.55. The van der Waals surface area contributed by atoms with Gasteiger partial charge in [-0.2, -0.15) is 5.10 Å². The second kappa shape index (κ2) is 7.50. The van der Waals surface area contributed by atoms with Crippen LogP contribution in [0.4, 0.5) is 10.5 Å². The monoisotopic (exact) mass is 456 g/mol. The maximum Gasteiger partial charge on any atom is 0.333 e. The van der Waals surface area contributed by atoms with Gasteiger partial charge in [0.2, 0.25) is 5.88 Å². The zero-order chi connectivity index (χ0) is 21.9. The minimum Gasteiger partial charge on any atom is -0.476 e. The summed E-state index contributed by atoms with van der Waals surface area (Å²) < 4.78 is 35.6. The molecule has 0 spiro atoms. The first-order chi connectivity index (χ1) is 15.5. The molecular formula is C23H28N4O4S. The number of carbonyl (C=O) groups excluding carboxylic acids is 1. The zero-order valence-electron chi connectivity index (χ0n) is 18.0. The van der Waals surface area contributed by atoms with Gasteiger partial charge in [-0.15, -0.1) is 0 Å². The maximum atomic E-state index is 13.0. The molecule has 0 saturated heterocycles. The lowest BCUT2D eigenvalue weighted by molar-refractivity contribution is 0.0793. The lowest BCUT2D eigenvalue weighted by Crippen LogP contribution is -2.37.